The van der Waals surface area contributed by atoms with Crippen molar-refractivity contribution < 1.29 is 4.74 Å². The Morgan fingerprint density at radius 3 is 2.42 bits per heavy atom. The van der Waals surface area contributed by atoms with E-state index in [1.165, 1.54) is 0 Å². The van der Waals surface area contributed by atoms with Gasteiger partial charge >= 0.3 is 0 Å². The molecule has 128 valence electrons. The highest BCUT2D eigenvalue weighted by Crippen LogP contribution is 2.24. The molecule has 0 atom stereocenters. The number of ether oxygens (including phenoxy) is 1. The maximum atomic E-state index is 5.52. The van der Waals surface area contributed by atoms with Crippen LogP contribution < -0.4 is 4.74 Å². The molecule has 1 aromatic heterocycles. The molecule has 0 radical (unpaired) electrons. The van der Waals surface area contributed by atoms with E-state index >= 15 is 0 Å². The third kappa shape index (κ3) is 3.24. The van der Waals surface area contributed by atoms with Crippen LogP contribution in [0.2, 0.25) is 0 Å². The van der Waals surface area contributed by atoms with Gasteiger partial charge < -0.3 is 9.30 Å². The highest BCUT2D eigenvalue weighted by molar-refractivity contribution is 5.80. The average molecular weight is 340 g/mol. The minimum atomic E-state index is 0.707. The summed E-state index contributed by atoms with van der Waals surface area (Å²) in [6.45, 7) is 0.707. The molecular formula is C23H20N2O. The number of nitrogens with zero attached hydrogens (tertiary/aromatic N) is 2. The molecule has 0 fully saturated rings. The van der Waals surface area contributed by atoms with Crippen molar-refractivity contribution in [2.45, 2.75) is 6.54 Å². The van der Waals surface area contributed by atoms with E-state index in [1.54, 1.807) is 7.11 Å². The lowest BCUT2D eigenvalue weighted by atomic mass is 10.2. The summed E-state index contributed by atoms with van der Waals surface area (Å²) in [6, 6.07) is 26.6. The van der Waals surface area contributed by atoms with Crippen LogP contribution in [0.4, 0.5) is 0 Å². The Morgan fingerprint density at radius 1 is 0.846 bits per heavy atom. The molecule has 4 rings (SSSR count). The Kier molecular flexibility index (Phi) is 4.52. The molecule has 3 nitrogen and oxygen atoms in total. The van der Waals surface area contributed by atoms with Gasteiger partial charge in [-0.15, -0.1) is 0 Å². The first-order valence-electron chi connectivity index (χ1n) is 8.65. The zero-order chi connectivity index (χ0) is 17.8. The predicted octanol–water partition coefficient (Wildman–Crippen LogP) is 5.26. The van der Waals surface area contributed by atoms with Gasteiger partial charge in [0.25, 0.3) is 0 Å². The van der Waals surface area contributed by atoms with Crippen LogP contribution in [0.1, 0.15) is 17.0 Å². The molecule has 26 heavy (non-hydrogen) atoms. The maximum absolute atomic E-state index is 5.52. The highest BCUT2D eigenvalue weighted by Gasteiger charge is 2.11. The van der Waals surface area contributed by atoms with Crippen LogP contribution in [0.15, 0.2) is 78.9 Å². The first-order chi connectivity index (χ1) is 12.8. The molecule has 0 aliphatic rings. The Bertz CT molecular complexity index is 1050. The van der Waals surface area contributed by atoms with E-state index in [-0.39, 0.29) is 0 Å². The normalized spacial score (nSPS) is 11.3. The van der Waals surface area contributed by atoms with E-state index in [1.807, 2.05) is 54.6 Å². The van der Waals surface area contributed by atoms with Crippen LogP contribution >= 0.6 is 0 Å². The molecule has 4 aromatic rings. The van der Waals surface area contributed by atoms with Crippen molar-refractivity contribution in [2.75, 3.05) is 7.11 Å². The minimum absolute atomic E-state index is 0.707. The van der Waals surface area contributed by atoms with E-state index < -0.39 is 0 Å². The lowest BCUT2D eigenvalue weighted by molar-refractivity contribution is 0.408. The van der Waals surface area contributed by atoms with Gasteiger partial charge in [0, 0.05) is 5.56 Å². The second-order valence-electron chi connectivity index (χ2n) is 6.10. The van der Waals surface area contributed by atoms with Gasteiger partial charge in [-0.25, -0.2) is 4.98 Å². The van der Waals surface area contributed by atoms with Crippen LogP contribution in [-0.2, 0) is 6.54 Å². The van der Waals surface area contributed by atoms with Crippen LogP contribution in [0, 0.1) is 0 Å². The smallest absolute Gasteiger partial charge is 0.134 e. The summed E-state index contributed by atoms with van der Waals surface area (Å²) in [5.41, 5.74) is 4.40. The SMILES string of the molecule is COc1ccccc1Cn1c(/C=C/c2ccccc2)nc2ccccc21. The molecule has 0 unspecified atom stereocenters. The van der Waals surface area contributed by atoms with Crippen molar-refractivity contribution in [3.8, 4) is 5.75 Å². The highest BCUT2D eigenvalue weighted by atomic mass is 16.5. The molecule has 0 aliphatic heterocycles. The van der Waals surface area contributed by atoms with Crippen LogP contribution in [0.5, 0.6) is 5.75 Å². The van der Waals surface area contributed by atoms with Crippen molar-refractivity contribution >= 4 is 23.2 Å². The van der Waals surface area contributed by atoms with Crippen molar-refractivity contribution in [1.29, 1.82) is 0 Å². The Hall–Kier alpha value is -3.33. The van der Waals surface area contributed by atoms with Crippen LogP contribution in [0.3, 0.4) is 0 Å². The van der Waals surface area contributed by atoms with E-state index in [0.29, 0.717) is 6.54 Å². The van der Waals surface area contributed by atoms with Gasteiger partial charge in [-0.05, 0) is 29.8 Å². The van der Waals surface area contributed by atoms with Gasteiger partial charge in [0.05, 0.1) is 24.7 Å². The molecule has 0 saturated carbocycles. The van der Waals surface area contributed by atoms with E-state index in [9.17, 15) is 0 Å². The molecular weight excluding hydrogens is 320 g/mol. The molecule has 0 N–H and O–H groups in total. The van der Waals surface area contributed by atoms with Gasteiger partial charge in [-0.2, -0.15) is 0 Å². The third-order valence-electron chi connectivity index (χ3n) is 4.43. The number of fused-ring (bicyclic) bond motifs is 1. The second-order valence-corrected chi connectivity index (χ2v) is 6.10. The van der Waals surface area contributed by atoms with Crippen LogP contribution in [-0.4, -0.2) is 16.7 Å². The van der Waals surface area contributed by atoms with Crippen molar-refractivity contribution in [3.63, 3.8) is 0 Å². The number of para-hydroxylation sites is 3. The van der Waals surface area contributed by atoms with Gasteiger partial charge in [0.1, 0.15) is 11.6 Å². The van der Waals surface area contributed by atoms with E-state index in [2.05, 4.69) is 41.0 Å². The Labute approximate surface area is 153 Å². The average Bonchev–Trinajstić information content (AvgIpc) is 3.05. The van der Waals surface area contributed by atoms with Gasteiger partial charge in [0.15, 0.2) is 0 Å². The zero-order valence-electron chi connectivity index (χ0n) is 14.7. The van der Waals surface area contributed by atoms with Gasteiger partial charge in [-0.3, -0.25) is 0 Å². The molecule has 1 heterocycles. The summed E-state index contributed by atoms with van der Waals surface area (Å²) in [6.07, 6.45) is 4.17. The van der Waals surface area contributed by atoms with E-state index in [0.717, 1.165) is 33.7 Å². The predicted molar refractivity (Wildman–Crippen MR) is 107 cm³/mol. The number of hydrogen-bond donors (Lipinski definition) is 0. The number of methoxy groups -OCH3 is 1. The van der Waals surface area contributed by atoms with Crippen molar-refractivity contribution in [2.24, 2.45) is 0 Å². The molecule has 0 aliphatic carbocycles. The summed E-state index contributed by atoms with van der Waals surface area (Å²) in [5.74, 6) is 1.82. The minimum Gasteiger partial charge on any atom is -0.496 e. The summed E-state index contributed by atoms with van der Waals surface area (Å²) in [7, 11) is 1.71. The van der Waals surface area contributed by atoms with E-state index in [4.69, 9.17) is 9.72 Å². The quantitative estimate of drug-likeness (QED) is 0.495. The molecule has 3 aromatic carbocycles. The first kappa shape index (κ1) is 16.2. The molecule has 0 bridgehead atoms. The zero-order valence-corrected chi connectivity index (χ0v) is 14.7. The number of rotatable bonds is 5. The van der Waals surface area contributed by atoms with Gasteiger partial charge in [0.2, 0.25) is 0 Å². The fourth-order valence-corrected chi connectivity index (χ4v) is 3.13. The molecule has 0 spiro atoms. The van der Waals surface area contributed by atoms with Crippen molar-refractivity contribution in [1.82, 2.24) is 9.55 Å². The lowest BCUT2D eigenvalue weighted by Gasteiger charge is -2.11. The monoisotopic (exact) mass is 340 g/mol. The second kappa shape index (κ2) is 7.28. The Balaban J connectivity index is 1.78. The molecule has 0 saturated heterocycles. The summed E-state index contributed by atoms with van der Waals surface area (Å²) < 4.78 is 7.75. The lowest BCUT2D eigenvalue weighted by Crippen LogP contribution is -2.03. The fraction of sp³-hybridized carbons (Fsp3) is 0.0870. The first-order valence-corrected chi connectivity index (χ1v) is 8.65. The molecule has 0 amide bonds. The van der Waals surface area contributed by atoms with Crippen LogP contribution in [0.25, 0.3) is 23.2 Å². The largest absolute Gasteiger partial charge is 0.496 e. The van der Waals surface area contributed by atoms with Crippen molar-refractivity contribution in [3.05, 3.63) is 95.8 Å². The number of benzene rings is 3. The fourth-order valence-electron chi connectivity index (χ4n) is 3.13. The third-order valence-corrected chi connectivity index (χ3v) is 4.43. The summed E-state index contributed by atoms with van der Waals surface area (Å²) in [4.78, 5) is 4.81. The summed E-state index contributed by atoms with van der Waals surface area (Å²) >= 11 is 0. The molecule has 3 heteroatoms. The number of aromatic nitrogens is 2. The maximum Gasteiger partial charge on any atom is 0.134 e. The standard InChI is InChI=1S/C23H20N2O/c1-26-22-14-8-5-11-19(22)17-25-21-13-7-6-12-20(21)24-23(25)16-15-18-9-3-2-4-10-18/h2-16H,17H2,1H3/b16-15+. The summed E-state index contributed by atoms with van der Waals surface area (Å²) in [5, 5.41) is 0. The topological polar surface area (TPSA) is 27.1 Å². The number of hydrogen-bond acceptors (Lipinski definition) is 2. The number of imidazole rings is 1. The Morgan fingerprint density at radius 2 is 1.58 bits per heavy atom. The van der Waals surface area contributed by atoms with Gasteiger partial charge in [-0.1, -0.05) is 66.7 Å².